The molecule has 0 saturated heterocycles. The van der Waals surface area contributed by atoms with Crippen LogP contribution in [-0.2, 0) is 24.4 Å². The summed E-state index contributed by atoms with van der Waals surface area (Å²) in [6, 6.07) is 7.99. The summed E-state index contributed by atoms with van der Waals surface area (Å²) in [5, 5.41) is 20.1. The first-order valence-corrected chi connectivity index (χ1v) is 6.14. The first kappa shape index (κ1) is 13.5. The highest BCUT2D eigenvalue weighted by molar-refractivity contribution is 5.50. The van der Waals surface area contributed by atoms with Gasteiger partial charge in [0.25, 0.3) is 0 Å². The molecule has 0 atom stereocenters. The summed E-state index contributed by atoms with van der Waals surface area (Å²) in [4.78, 5) is 0. The molecule has 2 rings (SSSR count). The van der Waals surface area contributed by atoms with Gasteiger partial charge in [0.15, 0.2) is 0 Å². The molecule has 0 unspecified atom stereocenters. The smallest absolute Gasteiger partial charge is 0.102 e. The molecule has 6 nitrogen and oxygen atoms in total. The number of para-hydroxylation sites is 1. The quantitative estimate of drug-likeness (QED) is 0.779. The first-order valence-electron chi connectivity index (χ1n) is 6.14. The third-order valence-corrected chi connectivity index (χ3v) is 2.69. The van der Waals surface area contributed by atoms with E-state index in [1.54, 1.807) is 11.8 Å². The third kappa shape index (κ3) is 3.77. The van der Waals surface area contributed by atoms with Gasteiger partial charge in [-0.3, -0.25) is 0 Å². The standard InChI is InChI=1S/C13H18N4O2/c1-19-10-11-4-2-3-5-13(11)14-8-12-9-17(6-7-18)16-15-12/h2-5,9,14,18H,6-8,10H2,1H3. The maximum absolute atomic E-state index is 8.81. The Hall–Kier alpha value is -1.92. The van der Waals surface area contributed by atoms with Gasteiger partial charge in [0, 0.05) is 18.4 Å². The van der Waals surface area contributed by atoms with Crippen LogP contribution in [-0.4, -0.2) is 33.8 Å². The Morgan fingerprint density at radius 1 is 1.37 bits per heavy atom. The Kier molecular flexibility index (Phi) is 4.88. The topological polar surface area (TPSA) is 72.2 Å². The number of benzene rings is 1. The second kappa shape index (κ2) is 6.86. The third-order valence-electron chi connectivity index (χ3n) is 2.69. The van der Waals surface area contributed by atoms with Crippen molar-refractivity contribution in [2.45, 2.75) is 19.7 Å². The van der Waals surface area contributed by atoms with Gasteiger partial charge in [0.05, 0.1) is 32.5 Å². The molecule has 1 aromatic carbocycles. The molecule has 1 heterocycles. The lowest BCUT2D eigenvalue weighted by Gasteiger charge is -2.09. The number of nitrogens with one attached hydrogen (secondary N) is 1. The van der Waals surface area contributed by atoms with Crippen molar-refractivity contribution < 1.29 is 9.84 Å². The van der Waals surface area contributed by atoms with Gasteiger partial charge in [-0.25, -0.2) is 4.68 Å². The van der Waals surface area contributed by atoms with Gasteiger partial charge in [-0.1, -0.05) is 23.4 Å². The van der Waals surface area contributed by atoms with E-state index in [0.717, 1.165) is 16.9 Å². The van der Waals surface area contributed by atoms with Gasteiger partial charge >= 0.3 is 0 Å². The number of nitrogens with zero attached hydrogens (tertiary/aromatic N) is 3. The van der Waals surface area contributed by atoms with Crippen LogP contribution in [0.15, 0.2) is 30.5 Å². The largest absolute Gasteiger partial charge is 0.394 e. The zero-order valence-electron chi connectivity index (χ0n) is 10.9. The fourth-order valence-corrected chi connectivity index (χ4v) is 1.79. The van der Waals surface area contributed by atoms with Crippen LogP contribution >= 0.6 is 0 Å². The minimum absolute atomic E-state index is 0.0624. The highest BCUT2D eigenvalue weighted by Crippen LogP contribution is 2.16. The van der Waals surface area contributed by atoms with Gasteiger partial charge < -0.3 is 15.2 Å². The molecule has 0 saturated carbocycles. The van der Waals surface area contributed by atoms with Crippen molar-refractivity contribution in [3.8, 4) is 0 Å². The second-order valence-electron chi connectivity index (χ2n) is 4.14. The number of methoxy groups -OCH3 is 1. The molecule has 0 bridgehead atoms. The normalized spacial score (nSPS) is 10.6. The zero-order chi connectivity index (χ0) is 13.5. The van der Waals surface area contributed by atoms with Crippen molar-refractivity contribution in [2.75, 3.05) is 19.0 Å². The Bertz CT molecular complexity index is 513. The molecule has 0 aliphatic heterocycles. The summed E-state index contributed by atoms with van der Waals surface area (Å²) >= 11 is 0. The molecule has 0 aliphatic carbocycles. The minimum Gasteiger partial charge on any atom is -0.394 e. The van der Waals surface area contributed by atoms with E-state index >= 15 is 0 Å². The molecular weight excluding hydrogens is 244 g/mol. The lowest BCUT2D eigenvalue weighted by molar-refractivity contribution is 0.185. The van der Waals surface area contributed by atoms with E-state index in [9.17, 15) is 0 Å². The van der Waals surface area contributed by atoms with Gasteiger partial charge in [-0.2, -0.15) is 0 Å². The summed E-state index contributed by atoms with van der Waals surface area (Å²) < 4.78 is 6.78. The van der Waals surface area contributed by atoms with Crippen LogP contribution in [0, 0.1) is 0 Å². The van der Waals surface area contributed by atoms with E-state index in [1.807, 2.05) is 30.5 Å². The molecule has 2 N–H and O–H groups in total. The first-order chi connectivity index (χ1) is 9.33. The average molecular weight is 262 g/mol. The molecule has 6 heteroatoms. The number of aliphatic hydroxyl groups is 1. The Balaban J connectivity index is 1.97. The molecule has 0 fully saturated rings. The lowest BCUT2D eigenvalue weighted by atomic mass is 10.2. The number of aromatic nitrogens is 3. The number of ether oxygens (including phenoxy) is 1. The molecule has 0 aliphatic rings. The van der Waals surface area contributed by atoms with Crippen molar-refractivity contribution in [3.63, 3.8) is 0 Å². The van der Waals surface area contributed by atoms with Crippen molar-refractivity contribution in [2.24, 2.45) is 0 Å². The zero-order valence-corrected chi connectivity index (χ0v) is 10.9. The SMILES string of the molecule is COCc1ccccc1NCc1cn(CCO)nn1. The van der Waals surface area contributed by atoms with E-state index < -0.39 is 0 Å². The van der Waals surface area contributed by atoms with Crippen molar-refractivity contribution in [1.82, 2.24) is 15.0 Å². The van der Waals surface area contributed by atoms with Crippen LogP contribution in [0.2, 0.25) is 0 Å². The maximum atomic E-state index is 8.81. The van der Waals surface area contributed by atoms with Crippen LogP contribution < -0.4 is 5.32 Å². The van der Waals surface area contributed by atoms with Crippen molar-refractivity contribution >= 4 is 5.69 Å². The summed E-state index contributed by atoms with van der Waals surface area (Å²) in [5.41, 5.74) is 2.97. The molecule has 0 radical (unpaired) electrons. The molecule has 19 heavy (non-hydrogen) atoms. The van der Waals surface area contributed by atoms with E-state index in [-0.39, 0.29) is 6.61 Å². The molecule has 0 spiro atoms. The number of rotatable bonds is 7. The van der Waals surface area contributed by atoms with Crippen LogP contribution in [0.3, 0.4) is 0 Å². The summed E-state index contributed by atoms with van der Waals surface area (Å²) in [7, 11) is 1.68. The van der Waals surface area contributed by atoms with E-state index in [1.165, 1.54) is 0 Å². The Morgan fingerprint density at radius 2 is 2.21 bits per heavy atom. The van der Waals surface area contributed by atoms with Crippen LogP contribution in [0.5, 0.6) is 0 Å². The minimum atomic E-state index is 0.0624. The monoisotopic (exact) mass is 262 g/mol. The molecule has 2 aromatic rings. The number of aliphatic hydroxyl groups excluding tert-OH is 1. The van der Waals surface area contributed by atoms with Crippen LogP contribution in [0.1, 0.15) is 11.3 Å². The summed E-state index contributed by atoms with van der Waals surface area (Å²) in [5.74, 6) is 0. The van der Waals surface area contributed by atoms with Crippen LogP contribution in [0.25, 0.3) is 0 Å². The maximum Gasteiger partial charge on any atom is 0.102 e. The van der Waals surface area contributed by atoms with E-state index in [2.05, 4.69) is 15.6 Å². The van der Waals surface area contributed by atoms with Gasteiger partial charge in [-0.05, 0) is 6.07 Å². The van der Waals surface area contributed by atoms with Gasteiger partial charge in [-0.15, -0.1) is 5.10 Å². The lowest BCUT2D eigenvalue weighted by Crippen LogP contribution is -2.03. The summed E-state index contributed by atoms with van der Waals surface area (Å²) in [6.07, 6.45) is 1.82. The van der Waals surface area contributed by atoms with Crippen LogP contribution in [0.4, 0.5) is 5.69 Å². The summed E-state index contributed by atoms with van der Waals surface area (Å²) in [6.45, 7) is 1.69. The van der Waals surface area contributed by atoms with E-state index in [4.69, 9.17) is 9.84 Å². The molecule has 0 amide bonds. The number of anilines is 1. The van der Waals surface area contributed by atoms with Crippen molar-refractivity contribution in [1.29, 1.82) is 0 Å². The molecule has 1 aromatic heterocycles. The highest BCUT2D eigenvalue weighted by atomic mass is 16.5. The van der Waals surface area contributed by atoms with Gasteiger partial charge in [0.1, 0.15) is 5.69 Å². The fourth-order valence-electron chi connectivity index (χ4n) is 1.79. The molecular formula is C13H18N4O2. The predicted molar refractivity (Wildman–Crippen MR) is 71.6 cm³/mol. The number of hydrogen-bond acceptors (Lipinski definition) is 5. The average Bonchev–Trinajstić information content (AvgIpc) is 2.86. The van der Waals surface area contributed by atoms with Crippen molar-refractivity contribution in [3.05, 3.63) is 41.7 Å². The van der Waals surface area contributed by atoms with E-state index in [0.29, 0.717) is 19.7 Å². The number of hydrogen-bond donors (Lipinski definition) is 2. The highest BCUT2D eigenvalue weighted by Gasteiger charge is 2.03. The second-order valence-corrected chi connectivity index (χ2v) is 4.14. The van der Waals surface area contributed by atoms with Gasteiger partial charge in [0.2, 0.25) is 0 Å². The fraction of sp³-hybridized carbons (Fsp3) is 0.385. The molecule has 102 valence electrons. The Morgan fingerprint density at radius 3 is 3.00 bits per heavy atom. The predicted octanol–water partition coefficient (Wildman–Crippen LogP) is 1.03. The Labute approximate surface area is 112 Å².